The Balaban J connectivity index is 2.06. The van der Waals surface area contributed by atoms with Crippen LogP contribution in [0.5, 0.6) is 0 Å². The second kappa shape index (κ2) is 2.72. The van der Waals surface area contributed by atoms with Gasteiger partial charge in [-0.1, -0.05) is 0 Å². The lowest BCUT2D eigenvalue weighted by atomic mass is 9.84. The van der Waals surface area contributed by atoms with Crippen LogP contribution < -0.4 is 5.43 Å². The summed E-state index contributed by atoms with van der Waals surface area (Å²) in [5.74, 6) is 0.695. The Morgan fingerprint density at radius 2 is 2.33 bits per heavy atom. The second-order valence-corrected chi connectivity index (χ2v) is 3.94. The first-order chi connectivity index (χ1) is 5.80. The number of nitriles is 1. The van der Waals surface area contributed by atoms with Gasteiger partial charge in [-0.2, -0.15) is 5.26 Å². The van der Waals surface area contributed by atoms with Gasteiger partial charge in [0, 0.05) is 13.1 Å². The molecule has 1 aliphatic heterocycles. The fourth-order valence-corrected chi connectivity index (χ4v) is 2.18. The Morgan fingerprint density at radius 3 is 2.75 bits per heavy atom. The van der Waals surface area contributed by atoms with Crippen LogP contribution in [0.2, 0.25) is 0 Å². The van der Waals surface area contributed by atoms with Crippen LogP contribution in [0.25, 0.3) is 0 Å². The van der Waals surface area contributed by atoms with Crippen LogP contribution in [0.3, 0.4) is 0 Å². The molecule has 2 aliphatic rings. The van der Waals surface area contributed by atoms with E-state index >= 15 is 0 Å². The molecule has 0 aromatic rings. The first kappa shape index (κ1) is 8.03. The van der Waals surface area contributed by atoms with Crippen LogP contribution in [-0.4, -0.2) is 25.1 Å². The third kappa shape index (κ3) is 1.12. The van der Waals surface area contributed by atoms with E-state index in [0.717, 1.165) is 19.5 Å². The Kier molecular flexibility index (Phi) is 1.82. The highest BCUT2D eigenvalue weighted by Crippen LogP contribution is 2.49. The van der Waals surface area contributed by atoms with Gasteiger partial charge in [-0.3, -0.25) is 5.43 Å². The molecule has 1 atom stereocenters. The van der Waals surface area contributed by atoms with Gasteiger partial charge in [0.25, 0.3) is 0 Å². The van der Waals surface area contributed by atoms with E-state index in [4.69, 9.17) is 5.26 Å². The van der Waals surface area contributed by atoms with Gasteiger partial charge >= 0.3 is 0 Å². The number of nitrogens with one attached hydrogen (secondary N) is 1. The predicted molar refractivity (Wildman–Crippen MR) is 46.0 cm³/mol. The summed E-state index contributed by atoms with van der Waals surface area (Å²) in [5.41, 5.74) is 3.11. The maximum absolute atomic E-state index is 9.14. The van der Waals surface area contributed by atoms with Crippen molar-refractivity contribution in [3.63, 3.8) is 0 Å². The van der Waals surface area contributed by atoms with Crippen molar-refractivity contribution in [1.82, 2.24) is 10.4 Å². The number of hydrogen-bond donors (Lipinski definition) is 1. The molecular formula is C9H15N3. The van der Waals surface area contributed by atoms with E-state index in [1.54, 1.807) is 0 Å². The third-order valence-corrected chi connectivity index (χ3v) is 3.20. The standard InChI is InChI=1S/C9H15N3/c1-11-12-5-4-9(6-10,7-12)8-2-3-8/h8,11H,2-5,7H2,1H3. The lowest BCUT2D eigenvalue weighted by Crippen LogP contribution is -2.35. The zero-order valence-electron chi connectivity index (χ0n) is 7.51. The van der Waals surface area contributed by atoms with Crippen LogP contribution in [0.15, 0.2) is 0 Å². The molecule has 2 fully saturated rings. The molecule has 1 unspecified atom stereocenters. The highest BCUT2D eigenvalue weighted by atomic mass is 15.5. The summed E-state index contributed by atoms with van der Waals surface area (Å²) in [6, 6.07) is 2.52. The van der Waals surface area contributed by atoms with E-state index in [1.165, 1.54) is 12.8 Å². The number of nitrogens with zero attached hydrogens (tertiary/aromatic N) is 2. The quantitative estimate of drug-likeness (QED) is 0.656. The molecular weight excluding hydrogens is 150 g/mol. The Labute approximate surface area is 73.3 Å². The molecule has 66 valence electrons. The van der Waals surface area contributed by atoms with Crippen molar-refractivity contribution in [1.29, 1.82) is 5.26 Å². The fourth-order valence-electron chi connectivity index (χ4n) is 2.18. The summed E-state index contributed by atoms with van der Waals surface area (Å²) >= 11 is 0. The van der Waals surface area contributed by atoms with Crippen molar-refractivity contribution in [2.75, 3.05) is 20.1 Å². The molecule has 1 N–H and O–H groups in total. The van der Waals surface area contributed by atoms with E-state index in [1.807, 2.05) is 7.05 Å². The number of hydrogen-bond acceptors (Lipinski definition) is 3. The Hall–Kier alpha value is -0.590. The molecule has 3 nitrogen and oxygen atoms in total. The monoisotopic (exact) mass is 165 g/mol. The summed E-state index contributed by atoms with van der Waals surface area (Å²) < 4.78 is 0. The van der Waals surface area contributed by atoms with E-state index in [0.29, 0.717) is 5.92 Å². The molecule has 0 amide bonds. The van der Waals surface area contributed by atoms with Crippen molar-refractivity contribution in [3.8, 4) is 6.07 Å². The molecule has 2 rings (SSSR count). The lowest BCUT2D eigenvalue weighted by molar-refractivity contribution is 0.227. The van der Waals surface area contributed by atoms with Gasteiger partial charge in [-0.05, 0) is 32.2 Å². The summed E-state index contributed by atoms with van der Waals surface area (Å²) in [4.78, 5) is 0. The molecule has 0 spiro atoms. The number of rotatable bonds is 2. The highest BCUT2D eigenvalue weighted by Gasteiger charge is 2.49. The van der Waals surface area contributed by atoms with E-state index < -0.39 is 0 Å². The van der Waals surface area contributed by atoms with E-state index in [9.17, 15) is 0 Å². The largest absolute Gasteiger partial charge is 0.258 e. The normalized spacial score (nSPS) is 36.7. The summed E-state index contributed by atoms with van der Waals surface area (Å²) in [7, 11) is 1.93. The van der Waals surface area contributed by atoms with E-state index in [2.05, 4.69) is 16.5 Å². The lowest BCUT2D eigenvalue weighted by Gasteiger charge is -2.20. The molecule has 0 aromatic carbocycles. The van der Waals surface area contributed by atoms with Gasteiger partial charge < -0.3 is 0 Å². The first-order valence-electron chi connectivity index (χ1n) is 4.64. The predicted octanol–water partition coefficient (Wildman–Crippen LogP) is 0.746. The smallest absolute Gasteiger partial charge is 0.0755 e. The molecule has 0 aromatic heterocycles. The fraction of sp³-hybridized carbons (Fsp3) is 0.889. The maximum Gasteiger partial charge on any atom is 0.0755 e. The summed E-state index contributed by atoms with van der Waals surface area (Å²) in [6.45, 7) is 1.95. The zero-order chi connectivity index (χ0) is 8.60. The van der Waals surface area contributed by atoms with Crippen molar-refractivity contribution in [2.45, 2.75) is 19.3 Å². The minimum Gasteiger partial charge on any atom is -0.258 e. The average Bonchev–Trinajstić information content (AvgIpc) is 2.87. The zero-order valence-corrected chi connectivity index (χ0v) is 7.51. The molecule has 3 heteroatoms. The van der Waals surface area contributed by atoms with Gasteiger partial charge in [0.1, 0.15) is 0 Å². The van der Waals surface area contributed by atoms with Gasteiger partial charge in [-0.25, -0.2) is 5.01 Å². The van der Waals surface area contributed by atoms with Gasteiger partial charge in [0.15, 0.2) is 0 Å². The third-order valence-electron chi connectivity index (χ3n) is 3.20. The average molecular weight is 165 g/mol. The molecule has 1 heterocycles. The van der Waals surface area contributed by atoms with Gasteiger partial charge in [0.2, 0.25) is 0 Å². The van der Waals surface area contributed by atoms with Crippen molar-refractivity contribution in [2.24, 2.45) is 11.3 Å². The van der Waals surface area contributed by atoms with Crippen LogP contribution in [0, 0.1) is 22.7 Å². The van der Waals surface area contributed by atoms with E-state index in [-0.39, 0.29) is 5.41 Å². The Bertz CT molecular complexity index is 216. The molecule has 12 heavy (non-hydrogen) atoms. The first-order valence-corrected chi connectivity index (χ1v) is 4.64. The minimum atomic E-state index is -0.0109. The molecule has 1 saturated carbocycles. The van der Waals surface area contributed by atoms with Crippen molar-refractivity contribution < 1.29 is 0 Å². The topological polar surface area (TPSA) is 39.1 Å². The van der Waals surface area contributed by atoms with Crippen molar-refractivity contribution >= 4 is 0 Å². The van der Waals surface area contributed by atoms with Gasteiger partial charge in [-0.15, -0.1) is 0 Å². The minimum absolute atomic E-state index is 0.0109. The maximum atomic E-state index is 9.14. The molecule has 1 saturated heterocycles. The second-order valence-electron chi connectivity index (χ2n) is 3.94. The summed E-state index contributed by atoms with van der Waals surface area (Å²) in [5, 5.41) is 11.3. The Morgan fingerprint density at radius 1 is 1.58 bits per heavy atom. The van der Waals surface area contributed by atoms with Crippen LogP contribution >= 0.6 is 0 Å². The van der Waals surface area contributed by atoms with Crippen molar-refractivity contribution in [3.05, 3.63) is 0 Å². The summed E-state index contributed by atoms with van der Waals surface area (Å²) in [6.07, 6.45) is 3.59. The molecule has 0 radical (unpaired) electrons. The molecule has 0 bridgehead atoms. The van der Waals surface area contributed by atoms with Crippen LogP contribution in [-0.2, 0) is 0 Å². The highest BCUT2D eigenvalue weighted by molar-refractivity contribution is 5.11. The van der Waals surface area contributed by atoms with Gasteiger partial charge in [0.05, 0.1) is 11.5 Å². The van der Waals surface area contributed by atoms with Crippen LogP contribution in [0.1, 0.15) is 19.3 Å². The molecule has 1 aliphatic carbocycles. The number of hydrazine groups is 1. The SMILES string of the molecule is CNN1CCC(C#N)(C2CC2)C1. The van der Waals surface area contributed by atoms with Crippen LogP contribution in [0.4, 0.5) is 0 Å².